The number of hydrogen-bond acceptors (Lipinski definition) is 6. The smallest absolute Gasteiger partial charge is 0.249 e. The number of fused-ring (bicyclic) bond motifs is 2. The number of aromatic nitrogens is 3. The van der Waals surface area contributed by atoms with Gasteiger partial charge in [-0.25, -0.2) is 13.5 Å². The Kier molecular flexibility index (Phi) is 4.35. The largest absolute Gasteiger partial charge is 0.366 e. The van der Waals surface area contributed by atoms with Crippen molar-refractivity contribution in [2.75, 3.05) is 5.32 Å². The number of anilines is 2. The van der Waals surface area contributed by atoms with E-state index in [2.05, 4.69) is 26.6 Å². The van der Waals surface area contributed by atoms with Crippen LogP contribution >= 0.6 is 0 Å². The first-order chi connectivity index (χ1) is 14.4. The molecule has 1 amide bonds. The molecule has 0 saturated heterocycles. The molecule has 0 radical (unpaired) electrons. The van der Waals surface area contributed by atoms with Crippen molar-refractivity contribution in [3.8, 4) is 0 Å². The average Bonchev–Trinajstić information content (AvgIpc) is 3.48. The number of sulfone groups is 1. The van der Waals surface area contributed by atoms with Crippen LogP contribution in [-0.2, 0) is 35.5 Å². The highest BCUT2D eigenvalue weighted by atomic mass is 32.2. The summed E-state index contributed by atoms with van der Waals surface area (Å²) in [5.41, 5.74) is 11.8. The van der Waals surface area contributed by atoms with E-state index in [1.54, 1.807) is 0 Å². The van der Waals surface area contributed by atoms with Crippen LogP contribution in [0.5, 0.6) is 0 Å². The van der Waals surface area contributed by atoms with E-state index in [-0.39, 0.29) is 21.6 Å². The molecule has 0 fully saturated rings. The third-order valence-electron chi connectivity index (χ3n) is 5.88. The van der Waals surface area contributed by atoms with E-state index in [1.165, 1.54) is 46.5 Å². The van der Waals surface area contributed by atoms with Crippen LogP contribution in [0.2, 0.25) is 0 Å². The van der Waals surface area contributed by atoms with E-state index >= 15 is 0 Å². The van der Waals surface area contributed by atoms with E-state index in [0.29, 0.717) is 0 Å². The van der Waals surface area contributed by atoms with Gasteiger partial charge in [-0.3, -0.25) is 4.79 Å². The number of benzene rings is 2. The van der Waals surface area contributed by atoms with Gasteiger partial charge in [0.1, 0.15) is 0 Å². The fourth-order valence-electron chi connectivity index (χ4n) is 4.41. The monoisotopic (exact) mass is 423 g/mol. The van der Waals surface area contributed by atoms with Crippen LogP contribution in [0.4, 0.5) is 11.6 Å². The summed E-state index contributed by atoms with van der Waals surface area (Å²) in [4.78, 5) is 15.4. The quantitative estimate of drug-likeness (QED) is 0.578. The van der Waals surface area contributed by atoms with Crippen molar-refractivity contribution in [3.05, 3.63) is 58.1 Å². The molecule has 1 aromatic heterocycles. The van der Waals surface area contributed by atoms with Crippen molar-refractivity contribution in [1.29, 1.82) is 0 Å². The molecule has 30 heavy (non-hydrogen) atoms. The summed E-state index contributed by atoms with van der Waals surface area (Å²) >= 11 is 0. The zero-order chi connectivity index (χ0) is 20.9. The number of H-pyrrole nitrogens is 1. The molecular weight excluding hydrogens is 402 g/mol. The van der Waals surface area contributed by atoms with Crippen LogP contribution < -0.4 is 11.1 Å². The highest BCUT2D eigenvalue weighted by Crippen LogP contribution is 2.39. The van der Waals surface area contributed by atoms with Crippen molar-refractivity contribution in [1.82, 2.24) is 15.2 Å². The Morgan fingerprint density at radius 3 is 2.23 bits per heavy atom. The lowest BCUT2D eigenvalue weighted by Crippen LogP contribution is -2.11. The van der Waals surface area contributed by atoms with Crippen molar-refractivity contribution in [2.45, 2.75) is 48.6 Å². The normalized spacial score (nSPS) is 15.1. The Bertz CT molecular complexity index is 1230. The fraction of sp³-hybridized carbons (Fsp3) is 0.286. The molecule has 0 atom stereocenters. The lowest BCUT2D eigenvalue weighted by Gasteiger charge is -2.15. The van der Waals surface area contributed by atoms with Gasteiger partial charge in [-0.05, 0) is 85.0 Å². The summed E-state index contributed by atoms with van der Waals surface area (Å²) in [5.74, 6) is -0.384. The van der Waals surface area contributed by atoms with Crippen LogP contribution in [0.3, 0.4) is 0 Å². The van der Waals surface area contributed by atoms with Gasteiger partial charge in [0.05, 0.1) is 4.90 Å². The van der Waals surface area contributed by atoms with Crippen molar-refractivity contribution < 1.29 is 13.2 Å². The van der Waals surface area contributed by atoms with Gasteiger partial charge in [0.2, 0.25) is 26.8 Å². The SMILES string of the molecule is NC(=O)c1ccc(S(=O)(=O)c2nc(Nc3c4c(cc5c3CCC5)CCC4)n[nH]2)cc1. The third-order valence-corrected chi connectivity index (χ3v) is 7.46. The average molecular weight is 423 g/mol. The minimum absolute atomic E-state index is 0.0108. The highest BCUT2D eigenvalue weighted by molar-refractivity contribution is 7.91. The second kappa shape index (κ2) is 6.94. The van der Waals surface area contributed by atoms with Gasteiger partial charge < -0.3 is 11.1 Å². The maximum Gasteiger partial charge on any atom is 0.249 e. The predicted molar refractivity (Wildman–Crippen MR) is 111 cm³/mol. The molecule has 2 aromatic carbocycles. The molecule has 0 aliphatic heterocycles. The number of nitrogens with two attached hydrogens (primary N) is 1. The zero-order valence-corrected chi connectivity index (χ0v) is 17.1. The predicted octanol–water partition coefficient (Wildman–Crippen LogP) is 2.46. The number of nitrogens with one attached hydrogen (secondary N) is 2. The minimum Gasteiger partial charge on any atom is -0.366 e. The van der Waals surface area contributed by atoms with Gasteiger partial charge in [0, 0.05) is 11.3 Å². The molecule has 9 heteroatoms. The molecule has 2 aliphatic carbocycles. The van der Waals surface area contributed by atoms with Crippen LogP contribution in [0.25, 0.3) is 0 Å². The Hall–Kier alpha value is -3.20. The van der Waals surface area contributed by atoms with Gasteiger partial charge in [0.25, 0.3) is 0 Å². The number of primary amides is 1. The first-order valence-corrected chi connectivity index (χ1v) is 11.4. The number of carbonyl (C=O) groups excluding carboxylic acids is 1. The maximum absolute atomic E-state index is 12.9. The minimum atomic E-state index is -3.90. The van der Waals surface area contributed by atoms with Crippen LogP contribution in [0.15, 0.2) is 40.4 Å². The maximum atomic E-state index is 12.9. The first kappa shape index (κ1) is 18.8. The lowest BCUT2D eigenvalue weighted by molar-refractivity contribution is 0.1000. The van der Waals surface area contributed by atoms with E-state index in [0.717, 1.165) is 44.2 Å². The van der Waals surface area contributed by atoms with Crippen LogP contribution in [0.1, 0.15) is 45.5 Å². The Balaban J connectivity index is 1.46. The lowest BCUT2D eigenvalue weighted by atomic mass is 9.99. The van der Waals surface area contributed by atoms with Crippen LogP contribution in [-0.4, -0.2) is 29.5 Å². The summed E-state index contributed by atoms with van der Waals surface area (Å²) in [5, 5.41) is 9.68. The number of amides is 1. The zero-order valence-electron chi connectivity index (χ0n) is 16.2. The van der Waals surface area contributed by atoms with Crippen LogP contribution in [0, 0.1) is 0 Å². The molecule has 1 heterocycles. The van der Waals surface area contributed by atoms with Gasteiger partial charge in [-0.1, -0.05) is 6.07 Å². The highest BCUT2D eigenvalue weighted by Gasteiger charge is 2.26. The standard InChI is InChI=1S/C21H21N5O3S/c22-19(27)12-7-9-15(10-8-12)30(28,29)21-24-20(25-26-21)23-18-16-5-1-3-13(16)11-14-4-2-6-17(14)18/h7-11H,1-6H2,(H2,22,27)(H2,23,24,25,26). The summed E-state index contributed by atoms with van der Waals surface area (Å²) < 4.78 is 25.8. The van der Waals surface area contributed by atoms with Crippen molar-refractivity contribution >= 4 is 27.4 Å². The van der Waals surface area contributed by atoms with Crippen molar-refractivity contribution in [2.24, 2.45) is 5.73 Å². The molecule has 3 aromatic rings. The number of rotatable bonds is 5. The molecule has 5 rings (SSSR count). The first-order valence-electron chi connectivity index (χ1n) is 9.94. The van der Waals surface area contributed by atoms with Gasteiger partial charge in [-0.15, -0.1) is 5.10 Å². The molecule has 0 bridgehead atoms. The second-order valence-corrected chi connectivity index (χ2v) is 9.58. The molecule has 0 unspecified atom stereocenters. The van der Waals surface area contributed by atoms with E-state index in [1.807, 2.05) is 0 Å². The molecular formula is C21H21N5O3S. The molecule has 154 valence electrons. The number of hydrogen-bond donors (Lipinski definition) is 3. The van der Waals surface area contributed by atoms with E-state index < -0.39 is 15.7 Å². The Morgan fingerprint density at radius 2 is 1.63 bits per heavy atom. The number of nitrogens with zero attached hydrogens (tertiary/aromatic N) is 2. The summed E-state index contributed by atoms with van der Waals surface area (Å²) in [6, 6.07) is 7.76. The third kappa shape index (κ3) is 3.06. The van der Waals surface area contributed by atoms with Gasteiger partial charge in [-0.2, -0.15) is 4.98 Å². The Labute approximate surface area is 173 Å². The molecule has 0 spiro atoms. The van der Waals surface area contributed by atoms with Crippen molar-refractivity contribution in [3.63, 3.8) is 0 Å². The summed E-state index contributed by atoms with van der Waals surface area (Å²) in [7, 11) is -3.90. The second-order valence-electron chi connectivity index (χ2n) is 7.72. The number of carbonyl (C=O) groups is 1. The molecule has 4 N–H and O–H groups in total. The fourth-order valence-corrected chi connectivity index (χ4v) is 5.50. The number of aromatic amines is 1. The van der Waals surface area contributed by atoms with E-state index in [4.69, 9.17) is 5.73 Å². The topological polar surface area (TPSA) is 131 Å². The molecule has 2 aliphatic rings. The summed E-state index contributed by atoms with van der Waals surface area (Å²) in [6.45, 7) is 0. The molecule has 8 nitrogen and oxygen atoms in total. The van der Waals surface area contributed by atoms with Gasteiger partial charge >= 0.3 is 0 Å². The molecule has 0 saturated carbocycles. The van der Waals surface area contributed by atoms with E-state index in [9.17, 15) is 13.2 Å². The Morgan fingerprint density at radius 1 is 1.00 bits per heavy atom. The van der Waals surface area contributed by atoms with Gasteiger partial charge in [0.15, 0.2) is 0 Å². The summed E-state index contributed by atoms with van der Waals surface area (Å²) in [6.07, 6.45) is 6.42. The number of aryl methyl sites for hydroxylation is 2.